The highest BCUT2D eigenvalue weighted by molar-refractivity contribution is 5.94. The fraction of sp³-hybridized carbons (Fsp3) is 0.404. The molecule has 2 aliphatic carbocycles. The Hall–Kier alpha value is -6.84. The van der Waals surface area contributed by atoms with Gasteiger partial charge in [-0.25, -0.2) is 4.79 Å². The van der Waals surface area contributed by atoms with Crippen molar-refractivity contribution in [2.75, 3.05) is 0 Å². The molecule has 6 aromatic heterocycles. The van der Waals surface area contributed by atoms with Gasteiger partial charge in [-0.2, -0.15) is 20.2 Å². The summed E-state index contributed by atoms with van der Waals surface area (Å²) < 4.78 is 19.1. The van der Waals surface area contributed by atoms with Gasteiger partial charge in [-0.15, -0.1) is 0 Å². The monoisotopic (exact) mass is 850 g/mol. The van der Waals surface area contributed by atoms with Crippen molar-refractivity contribution in [3.8, 4) is 45.9 Å². The first kappa shape index (κ1) is 40.2. The highest BCUT2D eigenvalue weighted by atomic mass is 16.5. The SMILES string of the molecule is CCn1nc(-c2nc(-c3ccc4c(ccn4C(C(=O)O)C(CC(=O)O)n4ccc5c(-c6noc(-c7nn(CC)c8c7CCC(C)(C)C8)n6)cccc54)c3)no2)c2c1CC(C)(C)CC2. The Bertz CT molecular complexity index is 3080. The van der Waals surface area contributed by atoms with Crippen LogP contribution in [0.25, 0.3) is 67.8 Å². The molecular weight excluding hydrogens is 801 g/mol. The Kier molecular flexibility index (Phi) is 9.53. The highest BCUT2D eigenvalue weighted by Gasteiger charge is 2.37. The summed E-state index contributed by atoms with van der Waals surface area (Å²) in [6.07, 6.45) is 8.63. The van der Waals surface area contributed by atoms with Crippen molar-refractivity contribution in [3.63, 3.8) is 0 Å². The lowest BCUT2D eigenvalue weighted by molar-refractivity contribution is -0.144. The molecule has 10 rings (SSSR count). The van der Waals surface area contributed by atoms with Crippen molar-refractivity contribution in [2.45, 2.75) is 112 Å². The van der Waals surface area contributed by atoms with E-state index in [0.717, 1.165) is 79.2 Å². The van der Waals surface area contributed by atoms with Crippen molar-refractivity contribution < 1.29 is 28.8 Å². The van der Waals surface area contributed by atoms with Crippen molar-refractivity contribution in [2.24, 2.45) is 10.8 Å². The maximum Gasteiger partial charge on any atom is 0.328 e. The molecule has 16 heteroatoms. The van der Waals surface area contributed by atoms with Crippen molar-refractivity contribution in [1.29, 1.82) is 0 Å². The minimum Gasteiger partial charge on any atom is -0.481 e. The summed E-state index contributed by atoms with van der Waals surface area (Å²) in [5.41, 5.74) is 9.09. The van der Waals surface area contributed by atoms with Gasteiger partial charge in [0.15, 0.2) is 17.4 Å². The van der Waals surface area contributed by atoms with Gasteiger partial charge in [0.05, 0.1) is 12.5 Å². The number of aromatic nitrogens is 10. The van der Waals surface area contributed by atoms with E-state index in [9.17, 15) is 19.8 Å². The third-order valence-corrected chi connectivity index (χ3v) is 13.2. The van der Waals surface area contributed by atoms with Crippen LogP contribution in [0.2, 0.25) is 0 Å². The molecule has 0 bridgehead atoms. The molecule has 0 saturated carbocycles. The van der Waals surface area contributed by atoms with Gasteiger partial charge in [0.1, 0.15) is 0 Å². The Balaban J connectivity index is 0.970. The molecule has 324 valence electrons. The van der Waals surface area contributed by atoms with Gasteiger partial charge in [-0.1, -0.05) is 50.1 Å². The lowest BCUT2D eigenvalue weighted by Gasteiger charge is -2.30. The second kappa shape index (κ2) is 14.9. The molecule has 8 aromatic rings. The molecule has 0 aliphatic heterocycles. The van der Waals surface area contributed by atoms with Crippen LogP contribution >= 0.6 is 0 Å². The quantitative estimate of drug-likeness (QED) is 0.119. The lowest BCUT2D eigenvalue weighted by atomic mass is 9.76. The van der Waals surface area contributed by atoms with Crippen LogP contribution in [0, 0.1) is 10.8 Å². The van der Waals surface area contributed by atoms with E-state index in [4.69, 9.17) is 29.2 Å². The van der Waals surface area contributed by atoms with Crippen LogP contribution in [0.3, 0.4) is 0 Å². The molecule has 16 nitrogen and oxygen atoms in total. The zero-order valence-electron chi connectivity index (χ0n) is 36.3. The predicted octanol–water partition coefficient (Wildman–Crippen LogP) is 8.83. The van der Waals surface area contributed by atoms with Crippen LogP contribution in [0.4, 0.5) is 0 Å². The van der Waals surface area contributed by atoms with Crippen LogP contribution in [-0.2, 0) is 48.4 Å². The molecule has 2 aromatic carbocycles. The van der Waals surface area contributed by atoms with E-state index in [-0.39, 0.29) is 10.8 Å². The number of rotatable bonds is 12. The maximum absolute atomic E-state index is 13.4. The summed E-state index contributed by atoms with van der Waals surface area (Å²) in [6, 6.07) is 12.4. The minimum absolute atomic E-state index is 0.177. The summed E-state index contributed by atoms with van der Waals surface area (Å²) in [5, 5.41) is 41.1. The number of carboxylic acid groups (broad SMARTS) is 2. The fourth-order valence-electron chi connectivity index (χ4n) is 9.96. The van der Waals surface area contributed by atoms with Gasteiger partial charge in [0.25, 0.3) is 11.8 Å². The number of hydrogen-bond acceptors (Lipinski definition) is 10. The molecular formula is C47H50N10O6. The normalized spacial score (nSPS) is 16.6. The third-order valence-electron chi connectivity index (χ3n) is 13.2. The third kappa shape index (κ3) is 6.91. The van der Waals surface area contributed by atoms with Gasteiger partial charge < -0.3 is 28.4 Å². The molecule has 0 radical (unpaired) electrons. The van der Waals surface area contributed by atoms with Crippen LogP contribution in [0.1, 0.15) is 95.4 Å². The number of fused-ring (bicyclic) bond motifs is 4. The molecule has 0 fully saturated rings. The first-order valence-electron chi connectivity index (χ1n) is 21.7. The average molecular weight is 851 g/mol. The standard InChI is InChI=1S/C47H50N10O6/c1-7-56-35-24-46(3,4)18-14-30(35)38(50-56)43-48-41(52-62-43)27-12-13-32-26(22-27)16-20-55(32)40(45(60)61)34(23-37(58)59)54-21-17-28-29(10-9-11-33(28)54)42-49-44(63-53-42)39-31-15-19-47(5,6)25-36(31)57(8-2)51-39/h9-13,16-17,20-22,34,40H,7-8,14-15,18-19,23-25H2,1-6H3,(H,58,59)(H,60,61). The second-order valence-corrected chi connectivity index (χ2v) is 18.6. The summed E-state index contributed by atoms with van der Waals surface area (Å²) in [5.74, 6) is -0.867. The maximum atomic E-state index is 13.4. The van der Waals surface area contributed by atoms with E-state index in [1.54, 1.807) is 21.5 Å². The summed E-state index contributed by atoms with van der Waals surface area (Å²) >= 11 is 0. The van der Waals surface area contributed by atoms with Gasteiger partial charge >= 0.3 is 11.9 Å². The van der Waals surface area contributed by atoms with Crippen molar-refractivity contribution in [3.05, 3.63) is 83.4 Å². The van der Waals surface area contributed by atoms with Crippen molar-refractivity contribution >= 4 is 33.7 Å². The molecule has 2 atom stereocenters. The molecule has 2 aliphatic rings. The predicted molar refractivity (Wildman–Crippen MR) is 234 cm³/mol. The molecule has 0 spiro atoms. The summed E-state index contributed by atoms with van der Waals surface area (Å²) in [6.45, 7) is 14.8. The highest BCUT2D eigenvalue weighted by Crippen LogP contribution is 2.42. The Morgan fingerprint density at radius 2 is 1.35 bits per heavy atom. The van der Waals surface area contributed by atoms with E-state index >= 15 is 0 Å². The zero-order valence-corrected chi connectivity index (χ0v) is 36.3. The number of carbonyl (C=O) groups is 2. The molecule has 2 unspecified atom stereocenters. The second-order valence-electron chi connectivity index (χ2n) is 18.6. The van der Waals surface area contributed by atoms with Crippen LogP contribution in [0.5, 0.6) is 0 Å². The molecule has 2 N–H and O–H groups in total. The first-order chi connectivity index (χ1) is 30.2. The van der Waals surface area contributed by atoms with E-state index in [1.807, 2.05) is 57.9 Å². The minimum atomic E-state index is -1.30. The van der Waals surface area contributed by atoms with E-state index in [1.165, 1.54) is 11.4 Å². The number of aryl methyl sites for hydroxylation is 2. The van der Waals surface area contributed by atoms with Crippen LogP contribution < -0.4 is 0 Å². The largest absolute Gasteiger partial charge is 0.481 e. The molecule has 0 saturated heterocycles. The van der Waals surface area contributed by atoms with Crippen LogP contribution in [-0.4, -0.2) is 71.1 Å². The van der Waals surface area contributed by atoms with Gasteiger partial charge in [0, 0.05) is 80.9 Å². The number of hydrogen-bond donors (Lipinski definition) is 2. The summed E-state index contributed by atoms with van der Waals surface area (Å²) in [4.78, 5) is 35.5. The number of aliphatic carboxylic acids is 2. The molecule has 0 amide bonds. The van der Waals surface area contributed by atoms with E-state index in [0.29, 0.717) is 51.3 Å². The number of nitrogens with zero attached hydrogens (tertiary/aromatic N) is 10. The average Bonchev–Trinajstić information content (AvgIpc) is 4.11. The zero-order chi connectivity index (χ0) is 43.9. The number of benzene rings is 2. The summed E-state index contributed by atoms with van der Waals surface area (Å²) in [7, 11) is 0. The topological polar surface area (TPSA) is 198 Å². The first-order valence-corrected chi connectivity index (χ1v) is 21.7. The van der Waals surface area contributed by atoms with E-state index < -0.39 is 30.4 Å². The van der Waals surface area contributed by atoms with Gasteiger partial charge in [-0.3, -0.25) is 14.2 Å². The Morgan fingerprint density at radius 3 is 1.95 bits per heavy atom. The number of carboxylic acids is 2. The lowest BCUT2D eigenvalue weighted by Crippen LogP contribution is -2.30. The Labute approximate surface area is 362 Å². The smallest absolute Gasteiger partial charge is 0.328 e. The van der Waals surface area contributed by atoms with Gasteiger partial charge in [-0.05, 0) is 99.6 Å². The van der Waals surface area contributed by atoms with Crippen LogP contribution in [0.15, 0.2) is 70.0 Å². The fourth-order valence-corrected chi connectivity index (χ4v) is 9.96. The van der Waals surface area contributed by atoms with E-state index in [2.05, 4.69) is 51.9 Å². The van der Waals surface area contributed by atoms with Gasteiger partial charge in [0.2, 0.25) is 11.6 Å². The molecule has 6 heterocycles. The van der Waals surface area contributed by atoms with Crippen molar-refractivity contribution in [1.82, 2.24) is 49.0 Å². The molecule has 63 heavy (non-hydrogen) atoms. The Morgan fingerprint density at radius 1 is 0.746 bits per heavy atom.